The highest BCUT2D eigenvalue weighted by Crippen LogP contribution is 2.61. The Kier molecular flexibility index (Phi) is 5.28. The van der Waals surface area contributed by atoms with Crippen molar-refractivity contribution in [3.05, 3.63) is 0 Å². The Bertz CT molecular complexity index is 574. The minimum absolute atomic E-state index is 0.370. The number of esters is 1. The molecular formula is C19H30N2O5. The number of hydrogen-bond acceptors (Lipinski definition) is 5. The summed E-state index contributed by atoms with van der Waals surface area (Å²) >= 11 is 0. The topological polar surface area (TPSA) is 105 Å². The van der Waals surface area contributed by atoms with Gasteiger partial charge in [-0.1, -0.05) is 13.8 Å². The van der Waals surface area contributed by atoms with Crippen molar-refractivity contribution >= 4 is 17.9 Å². The van der Waals surface area contributed by atoms with Crippen molar-refractivity contribution in [3.63, 3.8) is 0 Å². The first-order valence-corrected chi connectivity index (χ1v) is 9.67. The number of carbonyl (C=O) groups excluding carboxylic acids is 3. The van der Waals surface area contributed by atoms with Crippen LogP contribution in [0.3, 0.4) is 0 Å². The molecule has 4 bridgehead atoms. The van der Waals surface area contributed by atoms with Crippen molar-refractivity contribution < 1.29 is 24.2 Å². The number of amides is 3. The lowest BCUT2D eigenvalue weighted by Crippen LogP contribution is -2.58. The highest BCUT2D eigenvalue weighted by molar-refractivity contribution is 5.95. The smallest absolute Gasteiger partial charge is 0.321 e. The van der Waals surface area contributed by atoms with Crippen LogP contribution in [0.2, 0.25) is 0 Å². The van der Waals surface area contributed by atoms with Gasteiger partial charge in [0.15, 0.2) is 6.61 Å². The van der Waals surface area contributed by atoms with Crippen molar-refractivity contribution in [2.24, 2.45) is 23.2 Å². The van der Waals surface area contributed by atoms with Crippen LogP contribution in [-0.4, -0.2) is 41.8 Å². The molecule has 0 aliphatic heterocycles. The first kappa shape index (κ1) is 19.1. The largest absolute Gasteiger partial charge is 0.455 e. The molecule has 2 unspecified atom stereocenters. The number of aliphatic hydroxyl groups is 1. The van der Waals surface area contributed by atoms with Gasteiger partial charge in [-0.15, -0.1) is 0 Å². The molecular weight excluding hydrogens is 336 g/mol. The second-order valence-corrected chi connectivity index (χ2v) is 9.03. The maximum absolute atomic E-state index is 12.7. The summed E-state index contributed by atoms with van der Waals surface area (Å²) in [6.45, 7) is 4.11. The van der Waals surface area contributed by atoms with Crippen LogP contribution in [0.15, 0.2) is 0 Å². The summed E-state index contributed by atoms with van der Waals surface area (Å²) in [6.07, 6.45) is 5.36. The number of imide groups is 1. The zero-order valence-electron chi connectivity index (χ0n) is 15.7. The standard InChI is InChI=1S/C19H30N2O5/c1-12(2)3-4-20-17(24)21-15(22)10-26-16(23)18-6-13-5-14(7-18)9-19(25,8-13)11-18/h12-14,25H,3-11H2,1-2H3,(H2,20,21,22,24)/t13-,14+,18?,19?. The number of rotatable bonds is 6. The van der Waals surface area contributed by atoms with Crippen LogP contribution in [0, 0.1) is 23.2 Å². The third kappa shape index (κ3) is 4.19. The monoisotopic (exact) mass is 366 g/mol. The Morgan fingerprint density at radius 2 is 1.81 bits per heavy atom. The Balaban J connectivity index is 1.45. The molecule has 146 valence electrons. The Morgan fingerprint density at radius 1 is 1.15 bits per heavy atom. The number of urea groups is 1. The molecule has 4 fully saturated rings. The minimum Gasteiger partial charge on any atom is -0.455 e. The summed E-state index contributed by atoms with van der Waals surface area (Å²) in [5.41, 5.74) is -1.40. The van der Waals surface area contributed by atoms with Gasteiger partial charge in [0.1, 0.15) is 0 Å². The van der Waals surface area contributed by atoms with Crippen molar-refractivity contribution in [1.29, 1.82) is 0 Å². The summed E-state index contributed by atoms with van der Waals surface area (Å²) in [5.74, 6) is 0.162. The predicted molar refractivity (Wildman–Crippen MR) is 94.0 cm³/mol. The quantitative estimate of drug-likeness (QED) is 0.621. The van der Waals surface area contributed by atoms with Gasteiger partial charge in [-0.05, 0) is 62.7 Å². The van der Waals surface area contributed by atoms with Crippen molar-refractivity contribution in [1.82, 2.24) is 10.6 Å². The van der Waals surface area contributed by atoms with Crippen LogP contribution in [0.5, 0.6) is 0 Å². The molecule has 0 saturated heterocycles. The van der Waals surface area contributed by atoms with Gasteiger partial charge < -0.3 is 15.2 Å². The summed E-state index contributed by atoms with van der Waals surface area (Å²) < 4.78 is 5.24. The Morgan fingerprint density at radius 3 is 2.38 bits per heavy atom. The molecule has 4 aliphatic carbocycles. The van der Waals surface area contributed by atoms with Crippen LogP contribution < -0.4 is 10.6 Å². The zero-order valence-corrected chi connectivity index (χ0v) is 15.7. The second-order valence-electron chi connectivity index (χ2n) is 9.03. The maximum atomic E-state index is 12.7. The van der Waals surface area contributed by atoms with Gasteiger partial charge in [0.05, 0.1) is 11.0 Å². The second kappa shape index (κ2) is 7.18. The van der Waals surface area contributed by atoms with E-state index in [9.17, 15) is 19.5 Å². The third-order valence-electron chi connectivity index (χ3n) is 6.06. The van der Waals surface area contributed by atoms with E-state index in [0.717, 1.165) is 38.5 Å². The maximum Gasteiger partial charge on any atom is 0.321 e. The first-order chi connectivity index (χ1) is 12.2. The van der Waals surface area contributed by atoms with E-state index in [0.29, 0.717) is 30.7 Å². The molecule has 0 spiro atoms. The molecule has 26 heavy (non-hydrogen) atoms. The summed E-state index contributed by atoms with van der Waals surface area (Å²) in [4.78, 5) is 36.1. The average molecular weight is 366 g/mol. The molecule has 4 aliphatic rings. The van der Waals surface area contributed by atoms with Crippen LogP contribution >= 0.6 is 0 Å². The normalized spacial score (nSPS) is 34.6. The van der Waals surface area contributed by atoms with Crippen LogP contribution in [0.25, 0.3) is 0 Å². The number of ether oxygens (including phenoxy) is 1. The van der Waals surface area contributed by atoms with E-state index in [-0.39, 0.29) is 0 Å². The van der Waals surface area contributed by atoms with Gasteiger partial charge >= 0.3 is 12.0 Å². The van der Waals surface area contributed by atoms with Gasteiger partial charge in [-0.3, -0.25) is 14.9 Å². The van der Waals surface area contributed by atoms with E-state index in [1.807, 2.05) is 13.8 Å². The lowest BCUT2D eigenvalue weighted by molar-refractivity contribution is -0.196. The Labute approximate surface area is 154 Å². The zero-order chi connectivity index (χ0) is 18.9. The number of carbonyl (C=O) groups is 3. The van der Waals surface area contributed by atoms with E-state index < -0.39 is 35.5 Å². The number of nitrogens with one attached hydrogen (secondary N) is 2. The lowest BCUT2D eigenvalue weighted by Gasteiger charge is -2.58. The molecule has 4 saturated carbocycles. The van der Waals surface area contributed by atoms with E-state index in [2.05, 4.69) is 10.6 Å². The highest BCUT2D eigenvalue weighted by atomic mass is 16.5. The highest BCUT2D eigenvalue weighted by Gasteiger charge is 2.60. The van der Waals surface area contributed by atoms with Gasteiger partial charge in [0, 0.05) is 6.54 Å². The molecule has 7 heteroatoms. The third-order valence-corrected chi connectivity index (χ3v) is 6.06. The van der Waals surface area contributed by atoms with Crippen LogP contribution in [0.4, 0.5) is 4.79 Å². The van der Waals surface area contributed by atoms with Gasteiger partial charge in [0.2, 0.25) is 0 Å². The van der Waals surface area contributed by atoms with E-state index >= 15 is 0 Å². The van der Waals surface area contributed by atoms with E-state index in [1.165, 1.54) is 0 Å². The molecule has 0 aromatic carbocycles. The van der Waals surface area contributed by atoms with Crippen molar-refractivity contribution in [3.8, 4) is 0 Å². The van der Waals surface area contributed by atoms with Gasteiger partial charge in [0.25, 0.3) is 5.91 Å². The van der Waals surface area contributed by atoms with Gasteiger partial charge in [-0.2, -0.15) is 0 Å². The molecule has 0 aromatic rings. The lowest BCUT2D eigenvalue weighted by atomic mass is 9.48. The van der Waals surface area contributed by atoms with Crippen molar-refractivity contribution in [2.75, 3.05) is 13.2 Å². The summed E-state index contributed by atoms with van der Waals surface area (Å²) in [6, 6.07) is -0.573. The molecule has 0 heterocycles. The molecule has 7 nitrogen and oxygen atoms in total. The minimum atomic E-state index is -0.748. The molecule has 4 rings (SSSR count). The van der Waals surface area contributed by atoms with Crippen LogP contribution in [0.1, 0.15) is 58.8 Å². The summed E-state index contributed by atoms with van der Waals surface area (Å²) in [5, 5.41) is 15.5. The van der Waals surface area contributed by atoms with Crippen molar-refractivity contribution in [2.45, 2.75) is 64.4 Å². The summed E-state index contributed by atoms with van der Waals surface area (Å²) in [7, 11) is 0. The van der Waals surface area contributed by atoms with Gasteiger partial charge in [-0.25, -0.2) is 4.79 Å². The van der Waals surface area contributed by atoms with E-state index in [1.54, 1.807) is 0 Å². The molecule has 4 atom stereocenters. The molecule has 0 aromatic heterocycles. The Hall–Kier alpha value is -1.63. The average Bonchev–Trinajstić information content (AvgIpc) is 2.49. The molecule has 3 amide bonds. The van der Waals surface area contributed by atoms with E-state index in [4.69, 9.17) is 4.74 Å². The molecule has 0 radical (unpaired) electrons. The number of hydrogen-bond donors (Lipinski definition) is 3. The first-order valence-electron chi connectivity index (χ1n) is 9.67. The molecule has 3 N–H and O–H groups in total. The fraction of sp³-hybridized carbons (Fsp3) is 0.842. The fourth-order valence-corrected chi connectivity index (χ4v) is 5.42. The predicted octanol–water partition coefficient (Wildman–Crippen LogP) is 1.73. The fourth-order valence-electron chi connectivity index (χ4n) is 5.42. The van der Waals surface area contributed by atoms with Crippen LogP contribution in [-0.2, 0) is 14.3 Å². The SMILES string of the molecule is CC(C)CCNC(=O)NC(=O)COC(=O)C12C[C@@H]3C[C@@H](CC(O)(C3)C1)C2.